The van der Waals surface area contributed by atoms with Crippen LogP contribution in [0.15, 0.2) is 0 Å². The van der Waals surface area contributed by atoms with Crippen molar-refractivity contribution in [2.45, 2.75) is 38.8 Å². The summed E-state index contributed by atoms with van der Waals surface area (Å²) < 4.78 is 22.7. The van der Waals surface area contributed by atoms with E-state index in [0.29, 0.717) is 6.42 Å². The van der Waals surface area contributed by atoms with E-state index in [-0.39, 0.29) is 23.3 Å². The third kappa shape index (κ3) is 3.18. The van der Waals surface area contributed by atoms with Gasteiger partial charge in [-0.05, 0) is 19.3 Å². The molecule has 3 N–H and O–H groups in total. The second-order valence-electron chi connectivity index (χ2n) is 5.16. The summed E-state index contributed by atoms with van der Waals surface area (Å²) in [7, 11) is -3.00. The van der Waals surface area contributed by atoms with E-state index in [2.05, 4.69) is 5.32 Å². The minimum absolute atomic E-state index is 0.0105. The molecule has 0 aromatic heterocycles. The maximum atomic E-state index is 11.7. The van der Waals surface area contributed by atoms with Crippen LogP contribution in [0.1, 0.15) is 27.2 Å². The van der Waals surface area contributed by atoms with Crippen molar-refractivity contribution >= 4 is 15.7 Å². The highest BCUT2D eigenvalue weighted by Crippen LogP contribution is 2.23. The van der Waals surface area contributed by atoms with Crippen molar-refractivity contribution in [1.29, 1.82) is 0 Å². The number of nitrogens with two attached hydrogens (primary N) is 1. The summed E-state index contributed by atoms with van der Waals surface area (Å²) >= 11 is 0. The average molecular weight is 248 g/mol. The molecule has 2 atom stereocenters. The van der Waals surface area contributed by atoms with Gasteiger partial charge in [0, 0.05) is 0 Å². The number of amides is 1. The molecular weight excluding hydrogens is 228 g/mol. The smallest absolute Gasteiger partial charge is 0.237 e. The lowest BCUT2D eigenvalue weighted by molar-refractivity contribution is -0.124. The van der Waals surface area contributed by atoms with Crippen LogP contribution in [0.25, 0.3) is 0 Å². The van der Waals surface area contributed by atoms with Gasteiger partial charge >= 0.3 is 0 Å². The van der Waals surface area contributed by atoms with Gasteiger partial charge in [0.25, 0.3) is 0 Å². The second kappa shape index (κ2) is 4.33. The molecule has 0 radical (unpaired) electrons. The van der Waals surface area contributed by atoms with Crippen LogP contribution in [0.2, 0.25) is 0 Å². The Labute approximate surface area is 96.7 Å². The normalized spacial score (nSPS) is 30.3. The molecule has 1 aliphatic rings. The van der Waals surface area contributed by atoms with E-state index in [9.17, 15) is 13.2 Å². The standard InChI is InChI=1S/C10H20N2O3S/c1-7(2)8(11)9(13)12-10(3)4-5-16(14,15)6-10/h7-8H,4-6,11H2,1-3H3,(H,12,13)/t8-,10?/m0/s1. The molecule has 1 rings (SSSR count). The Bertz CT molecular complexity index is 378. The van der Waals surface area contributed by atoms with Gasteiger partial charge in [-0.2, -0.15) is 0 Å². The average Bonchev–Trinajstić information content (AvgIpc) is 2.38. The molecule has 1 heterocycles. The number of hydrogen-bond acceptors (Lipinski definition) is 4. The molecule has 0 aromatic carbocycles. The number of rotatable bonds is 3. The van der Waals surface area contributed by atoms with E-state index >= 15 is 0 Å². The summed E-state index contributed by atoms with van der Waals surface area (Å²) in [6, 6.07) is -0.583. The number of nitrogens with one attached hydrogen (secondary N) is 1. The highest BCUT2D eigenvalue weighted by Gasteiger charge is 2.40. The van der Waals surface area contributed by atoms with Gasteiger partial charge in [0.15, 0.2) is 9.84 Å². The van der Waals surface area contributed by atoms with Crippen LogP contribution in [-0.4, -0.2) is 37.4 Å². The third-order valence-corrected chi connectivity index (χ3v) is 4.85. The minimum Gasteiger partial charge on any atom is -0.349 e. The fourth-order valence-electron chi connectivity index (χ4n) is 1.79. The van der Waals surface area contributed by atoms with Crippen molar-refractivity contribution in [3.63, 3.8) is 0 Å². The van der Waals surface area contributed by atoms with Crippen LogP contribution < -0.4 is 11.1 Å². The Morgan fingerprint density at radius 3 is 2.38 bits per heavy atom. The largest absolute Gasteiger partial charge is 0.349 e. The van der Waals surface area contributed by atoms with Crippen molar-refractivity contribution in [3.05, 3.63) is 0 Å². The topological polar surface area (TPSA) is 89.3 Å². The van der Waals surface area contributed by atoms with E-state index in [1.54, 1.807) is 6.92 Å². The van der Waals surface area contributed by atoms with Gasteiger partial charge in [0.05, 0.1) is 23.1 Å². The van der Waals surface area contributed by atoms with Gasteiger partial charge in [-0.25, -0.2) is 8.42 Å². The molecule has 5 nitrogen and oxygen atoms in total. The first-order valence-electron chi connectivity index (χ1n) is 5.43. The van der Waals surface area contributed by atoms with Gasteiger partial charge in [0.2, 0.25) is 5.91 Å². The first-order chi connectivity index (χ1) is 7.15. The van der Waals surface area contributed by atoms with Gasteiger partial charge < -0.3 is 11.1 Å². The van der Waals surface area contributed by atoms with Crippen molar-refractivity contribution in [2.75, 3.05) is 11.5 Å². The summed E-state index contributed by atoms with van der Waals surface area (Å²) in [5.74, 6) is -0.0757. The Morgan fingerprint density at radius 2 is 2.00 bits per heavy atom. The molecular formula is C10H20N2O3S. The zero-order valence-corrected chi connectivity index (χ0v) is 10.8. The van der Waals surface area contributed by atoms with Gasteiger partial charge in [-0.1, -0.05) is 13.8 Å². The Balaban J connectivity index is 2.65. The fourth-order valence-corrected chi connectivity index (χ4v) is 3.89. The van der Waals surface area contributed by atoms with E-state index in [4.69, 9.17) is 5.73 Å². The molecule has 16 heavy (non-hydrogen) atoms. The zero-order chi connectivity index (χ0) is 12.6. The molecule has 0 aliphatic carbocycles. The highest BCUT2D eigenvalue weighted by molar-refractivity contribution is 7.91. The maximum absolute atomic E-state index is 11.7. The van der Waals surface area contributed by atoms with E-state index in [0.717, 1.165) is 0 Å². The number of carbonyl (C=O) groups is 1. The van der Waals surface area contributed by atoms with Crippen LogP contribution in [0.5, 0.6) is 0 Å². The van der Waals surface area contributed by atoms with Crippen molar-refractivity contribution in [3.8, 4) is 0 Å². The Kier molecular flexibility index (Phi) is 3.64. The lowest BCUT2D eigenvalue weighted by atomic mass is 9.99. The predicted octanol–water partition coefficient (Wildman–Crippen LogP) is -0.337. The van der Waals surface area contributed by atoms with Crippen molar-refractivity contribution in [1.82, 2.24) is 5.32 Å². The summed E-state index contributed by atoms with van der Waals surface area (Å²) in [4.78, 5) is 11.7. The van der Waals surface area contributed by atoms with Gasteiger partial charge in [-0.3, -0.25) is 4.79 Å². The quantitative estimate of drug-likeness (QED) is 0.715. The van der Waals surface area contributed by atoms with Crippen LogP contribution in [0.3, 0.4) is 0 Å². The van der Waals surface area contributed by atoms with Crippen molar-refractivity contribution < 1.29 is 13.2 Å². The molecule has 0 spiro atoms. The first kappa shape index (κ1) is 13.4. The zero-order valence-electron chi connectivity index (χ0n) is 9.99. The van der Waals surface area contributed by atoms with E-state index in [1.165, 1.54) is 0 Å². The number of carbonyl (C=O) groups excluding carboxylic acids is 1. The molecule has 1 unspecified atom stereocenters. The van der Waals surface area contributed by atoms with Crippen molar-refractivity contribution in [2.24, 2.45) is 11.7 Å². The van der Waals surface area contributed by atoms with Gasteiger partial charge in [-0.15, -0.1) is 0 Å². The Hall–Kier alpha value is -0.620. The monoisotopic (exact) mass is 248 g/mol. The summed E-state index contributed by atoms with van der Waals surface area (Å²) in [6.45, 7) is 5.47. The third-order valence-electron chi connectivity index (χ3n) is 2.95. The second-order valence-corrected chi connectivity index (χ2v) is 7.35. The number of hydrogen-bond donors (Lipinski definition) is 2. The molecule has 1 saturated heterocycles. The molecule has 0 aromatic rings. The number of sulfone groups is 1. The lowest BCUT2D eigenvalue weighted by Crippen LogP contribution is -2.54. The van der Waals surface area contributed by atoms with E-state index < -0.39 is 21.4 Å². The minimum atomic E-state index is -3.00. The summed E-state index contributed by atoms with van der Waals surface area (Å²) in [6.07, 6.45) is 0.464. The fraction of sp³-hybridized carbons (Fsp3) is 0.900. The lowest BCUT2D eigenvalue weighted by Gasteiger charge is -2.26. The van der Waals surface area contributed by atoms with Crippen LogP contribution >= 0.6 is 0 Å². The molecule has 94 valence electrons. The maximum Gasteiger partial charge on any atom is 0.237 e. The molecule has 0 bridgehead atoms. The van der Waals surface area contributed by atoms with E-state index in [1.807, 2.05) is 13.8 Å². The van der Waals surface area contributed by atoms with Gasteiger partial charge in [0.1, 0.15) is 0 Å². The predicted molar refractivity (Wildman–Crippen MR) is 62.6 cm³/mol. The van der Waals surface area contributed by atoms with Crippen LogP contribution in [0.4, 0.5) is 0 Å². The summed E-state index contributed by atoms with van der Waals surface area (Å²) in [5, 5.41) is 2.75. The molecule has 0 saturated carbocycles. The Morgan fingerprint density at radius 1 is 1.44 bits per heavy atom. The molecule has 6 heteroatoms. The SMILES string of the molecule is CC(C)[C@H](N)C(=O)NC1(C)CCS(=O)(=O)C1. The molecule has 1 fully saturated rings. The van der Waals surface area contributed by atoms with Crippen LogP contribution in [0, 0.1) is 5.92 Å². The summed E-state index contributed by atoms with van der Waals surface area (Å²) in [5.41, 5.74) is 5.05. The molecule has 1 aliphatic heterocycles. The van der Waals surface area contributed by atoms with Crippen LogP contribution in [-0.2, 0) is 14.6 Å². The highest BCUT2D eigenvalue weighted by atomic mass is 32.2. The molecule has 1 amide bonds. The first-order valence-corrected chi connectivity index (χ1v) is 7.25.